The van der Waals surface area contributed by atoms with Gasteiger partial charge in [-0.05, 0) is 32.2 Å². The van der Waals surface area contributed by atoms with Gasteiger partial charge in [-0.25, -0.2) is 0 Å². The molecule has 0 aliphatic rings. The van der Waals surface area contributed by atoms with E-state index in [9.17, 15) is 4.79 Å². The summed E-state index contributed by atoms with van der Waals surface area (Å²) >= 11 is 0. The van der Waals surface area contributed by atoms with Crippen LogP contribution in [0.4, 0.5) is 0 Å². The Morgan fingerprint density at radius 1 is 1.50 bits per heavy atom. The average Bonchev–Trinajstić information content (AvgIpc) is 2.14. The number of carbonyl (C=O) groups excluding carboxylic acids is 1. The molecule has 4 heteroatoms. The first kappa shape index (κ1) is 13.4. The molecule has 2 unspecified atom stereocenters. The highest BCUT2D eigenvalue weighted by Crippen LogP contribution is 2.01. The van der Waals surface area contributed by atoms with Crippen LogP contribution in [0.3, 0.4) is 0 Å². The standard InChI is InChI=1S/C10H22N2O2/c1-8(7-11)6-10(14)12-9(2)4-3-5-13/h8-9,13H,3-7,11H2,1-2H3,(H,12,14). The van der Waals surface area contributed by atoms with Crippen molar-refractivity contribution < 1.29 is 9.90 Å². The Labute approximate surface area is 85.9 Å². The highest BCUT2D eigenvalue weighted by molar-refractivity contribution is 5.76. The van der Waals surface area contributed by atoms with Gasteiger partial charge in [0.2, 0.25) is 5.91 Å². The highest BCUT2D eigenvalue weighted by Gasteiger charge is 2.09. The molecular formula is C10H22N2O2. The number of rotatable bonds is 7. The van der Waals surface area contributed by atoms with E-state index in [1.54, 1.807) is 0 Å². The molecule has 0 bridgehead atoms. The van der Waals surface area contributed by atoms with Crippen molar-refractivity contribution in [3.8, 4) is 0 Å². The first-order valence-corrected chi connectivity index (χ1v) is 5.20. The van der Waals surface area contributed by atoms with Gasteiger partial charge in [-0.3, -0.25) is 4.79 Å². The lowest BCUT2D eigenvalue weighted by Crippen LogP contribution is -2.34. The van der Waals surface area contributed by atoms with Crippen molar-refractivity contribution in [3.63, 3.8) is 0 Å². The van der Waals surface area contributed by atoms with E-state index in [1.165, 1.54) is 0 Å². The number of aliphatic hydroxyl groups is 1. The first-order chi connectivity index (χ1) is 6.60. The van der Waals surface area contributed by atoms with E-state index in [-0.39, 0.29) is 24.5 Å². The molecule has 84 valence electrons. The maximum atomic E-state index is 11.4. The lowest BCUT2D eigenvalue weighted by Gasteiger charge is -2.14. The Morgan fingerprint density at radius 3 is 2.64 bits per heavy atom. The van der Waals surface area contributed by atoms with Crippen LogP contribution < -0.4 is 11.1 Å². The van der Waals surface area contributed by atoms with E-state index < -0.39 is 0 Å². The minimum atomic E-state index is 0.0494. The molecule has 0 aliphatic heterocycles. The van der Waals surface area contributed by atoms with E-state index in [0.29, 0.717) is 13.0 Å². The summed E-state index contributed by atoms with van der Waals surface area (Å²) in [4.78, 5) is 11.4. The minimum absolute atomic E-state index is 0.0494. The molecular weight excluding hydrogens is 180 g/mol. The summed E-state index contributed by atoms with van der Waals surface area (Å²) < 4.78 is 0. The number of hydrogen-bond donors (Lipinski definition) is 3. The second kappa shape index (κ2) is 7.76. The van der Waals surface area contributed by atoms with Crippen LogP contribution in [0.2, 0.25) is 0 Å². The number of carbonyl (C=O) groups is 1. The Balaban J connectivity index is 3.60. The maximum Gasteiger partial charge on any atom is 0.220 e. The van der Waals surface area contributed by atoms with Gasteiger partial charge in [0.15, 0.2) is 0 Å². The Bertz CT molecular complexity index is 162. The smallest absolute Gasteiger partial charge is 0.220 e. The van der Waals surface area contributed by atoms with Crippen molar-refractivity contribution in [1.29, 1.82) is 0 Å². The second-order valence-electron chi connectivity index (χ2n) is 3.88. The van der Waals surface area contributed by atoms with Gasteiger partial charge >= 0.3 is 0 Å². The van der Waals surface area contributed by atoms with Crippen molar-refractivity contribution in [2.45, 2.75) is 39.2 Å². The fourth-order valence-electron chi connectivity index (χ4n) is 1.20. The molecule has 4 nitrogen and oxygen atoms in total. The van der Waals surface area contributed by atoms with Crippen molar-refractivity contribution in [3.05, 3.63) is 0 Å². The predicted octanol–water partition coefficient (Wildman–Crippen LogP) is 0.249. The van der Waals surface area contributed by atoms with Crippen LogP contribution in [-0.2, 0) is 4.79 Å². The van der Waals surface area contributed by atoms with Gasteiger partial charge in [-0.2, -0.15) is 0 Å². The van der Waals surface area contributed by atoms with Crippen LogP contribution >= 0.6 is 0 Å². The van der Waals surface area contributed by atoms with Gasteiger partial charge in [0.1, 0.15) is 0 Å². The van der Waals surface area contributed by atoms with Crippen LogP contribution in [-0.4, -0.2) is 30.2 Å². The first-order valence-electron chi connectivity index (χ1n) is 5.20. The van der Waals surface area contributed by atoms with E-state index >= 15 is 0 Å². The van der Waals surface area contributed by atoms with Crippen LogP contribution in [0.25, 0.3) is 0 Å². The molecule has 0 saturated carbocycles. The molecule has 0 aromatic carbocycles. The summed E-state index contributed by atoms with van der Waals surface area (Å²) in [6.07, 6.45) is 2.03. The molecule has 0 heterocycles. The van der Waals surface area contributed by atoms with Crippen molar-refractivity contribution in [2.24, 2.45) is 11.7 Å². The van der Waals surface area contributed by atoms with E-state index in [0.717, 1.165) is 12.8 Å². The highest BCUT2D eigenvalue weighted by atomic mass is 16.2. The summed E-state index contributed by atoms with van der Waals surface area (Å²) in [5.41, 5.74) is 5.42. The van der Waals surface area contributed by atoms with Crippen LogP contribution in [0, 0.1) is 5.92 Å². The van der Waals surface area contributed by atoms with Crippen LogP contribution in [0.15, 0.2) is 0 Å². The third-order valence-corrected chi connectivity index (χ3v) is 2.14. The summed E-state index contributed by atoms with van der Waals surface area (Å²) in [7, 11) is 0. The molecule has 2 atom stereocenters. The van der Waals surface area contributed by atoms with Gasteiger partial charge in [0.25, 0.3) is 0 Å². The molecule has 0 fully saturated rings. The number of aliphatic hydroxyl groups excluding tert-OH is 1. The number of amides is 1. The van der Waals surface area contributed by atoms with Crippen molar-refractivity contribution in [2.75, 3.05) is 13.2 Å². The SMILES string of the molecule is CC(CN)CC(=O)NC(C)CCCO. The molecule has 0 rings (SSSR count). The van der Waals surface area contributed by atoms with E-state index in [2.05, 4.69) is 5.32 Å². The summed E-state index contributed by atoms with van der Waals surface area (Å²) in [6.45, 7) is 4.62. The molecule has 0 spiro atoms. The summed E-state index contributed by atoms with van der Waals surface area (Å²) in [5.74, 6) is 0.286. The molecule has 0 radical (unpaired) electrons. The third-order valence-electron chi connectivity index (χ3n) is 2.14. The average molecular weight is 202 g/mol. The zero-order valence-corrected chi connectivity index (χ0v) is 9.12. The summed E-state index contributed by atoms with van der Waals surface area (Å²) in [5, 5.41) is 11.5. The molecule has 0 aromatic heterocycles. The zero-order chi connectivity index (χ0) is 11.0. The molecule has 14 heavy (non-hydrogen) atoms. The number of hydrogen-bond acceptors (Lipinski definition) is 3. The largest absolute Gasteiger partial charge is 0.396 e. The monoisotopic (exact) mass is 202 g/mol. The number of nitrogens with two attached hydrogens (primary N) is 1. The minimum Gasteiger partial charge on any atom is -0.396 e. The molecule has 0 aromatic rings. The van der Waals surface area contributed by atoms with Crippen LogP contribution in [0.5, 0.6) is 0 Å². The number of nitrogens with one attached hydrogen (secondary N) is 1. The molecule has 1 amide bonds. The predicted molar refractivity (Wildman–Crippen MR) is 56.8 cm³/mol. The second-order valence-corrected chi connectivity index (χ2v) is 3.88. The zero-order valence-electron chi connectivity index (χ0n) is 9.12. The van der Waals surface area contributed by atoms with E-state index in [4.69, 9.17) is 10.8 Å². The lowest BCUT2D eigenvalue weighted by atomic mass is 10.1. The van der Waals surface area contributed by atoms with Gasteiger partial charge < -0.3 is 16.2 Å². The Hall–Kier alpha value is -0.610. The van der Waals surface area contributed by atoms with Gasteiger partial charge in [0, 0.05) is 19.1 Å². The van der Waals surface area contributed by atoms with Crippen molar-refractivity contribution >= 4 is 5.91 Å². The lowest BCUT2D eigenvalue weighted by molar-refractivity contribution is -0.122. The molecule has 0 aliphatic carbocycles. The summed E-state index contributed by atoms with van der Waals surface area (Å²) in [6, 6.07) is 0.139. The van der Waals surface area contributed by atoms with Crippen LogP contribution in [0.1, 0.15) is 33.1 Å². The van der Waals surface area contributed by atoms with Gasteiger partial charge in [0.05, 0.1) is 0 Å². The fourth-order valence-corrected chi connectivity index (χ4v) is 1.20. The van der Waals surface area contributed by atoms with Gasteiger partial charge in [-0.1, -0.05) is 6.92 Å². The Morgan fingerprint density at radius 2 is 2.14 bits per heavy atom. The molecule has 0 saturated heterocycles. The van der Waals surface area contributed by atoms with Crippen molar-refractivity contribution in [1.82, 2.24) is 5.32 Å². The fraction of sp³-hybridized carbons (Fsp3) is 0.900. The van der Waals surface area contributed by atoms with E-state index in [1.807, 2.05) is 13.8 Å². The molecule has 4 N–H and O–H groups in total. The quantitative estimate of drug-likeness (QED) is 0.554. The topological polar surface area (TPSA) is 75.4 Å². The normalized spacial score (nSPS) is 14.9. The maximum absolute atomic E-state index is 11.4. The third kappa shape index (κ3) is 6.86. The Kier molecular flexibility index (Phi) is 7.42. The van der Waals surface area contributed by atoms with Gasteiger partial charge in [-0.15, -0.1) is 0 Å².